The van der Waals surface area contributed by atoms with E-state index in [1.165, 1.54) is 37.7 Å². The van der Waals surface area contributed by atoms with Crippen LogP contribution in [0.3, 0.4) is 0 Å². The van der Waals surface area contributed by atoms with Gasteiger partial charge >= 0.3 is 0 Å². The van der Waals surface area contributed by atoms with Crippen LogP contribution in [0.4, 0.5) is 0 Å². The Kier molecular flexibility index (Phi) is 6.74. The predicted octanol–water partition coefficient (Wildman–Crippen LogP) is 3.10. The molecule has 0 aliphatic heterocycles. The average Bonchev–Trinajstić information content (AvgIpc) is 2.34. The number of rotatable bonds is 8. The van der Waals surface area contributed by atoms with Crippen molar-refractivity contribution in [2.75, 3.05) is 6.54 Å². The summed E-state index contributed by atoms with van der Waals surface area (Å²) in [4.78, 5) is 0. The second-order valence-corrected chi connectivity index (χ2v) is 4.14. The standard InChI is InChI=1S/C13H23N3/c1-3-5-6-7-8-13(14-4-2)12-9-10-15-16-11-12/h9-11,13-14H,3-8H2,1-2H3. The molecule has 1 N–H and O–H groups in total. The number of hydrogen-bond donors (Lipinski definition) is 1. The van der Waals surface area contributed by atoms with Crippen molar-refractivity contribution in [3.63, 3.8) is 0 Å². The topological polar surface area (TPSA) is 37.8 Å². The lowest BCUT2D eigenvalue weighted by molar-refractivity contribution is 0.480. The summed E-state index contributed by atoms with van der Waals surface area (Å²) in [6.07, 6.45) is 10.1. The van der Waals surface area contributed by atoms with Crippen molar-refractivity contribution in [3.05, 3.63) is 24.0 Å². The molecule has 1 rings (SSSR count). The van der Waals surface area contributed by atoms with E-state index < -0.39 is 0 Å². The Bertz CT molecular complexity index is 261. The van der Waals surface area contributed by atoms with Crippen molar-refractivity contribution in [1.29, 1.82) is 0 Å². The van der Waals surface area contributed by atoms with Gasteiger partial charge in [-0.05, 0) is 24.6 Å². The molecule has 90 valence electrons. The summed E-state index contributed by atoms with van der Waals surface area (Å²) in [6, 6.07) is 2.50. The average molecular weight is 221 g/mol. The zero-order valence-electron chi connectivity index (χ0n) is 10.4. The Morgan fingerprint density at radius 2 is 2.06 bits per heavy atom. The first kappa shape index (κ1) is 13.1. The molecule has 3 heteroatoms. The van der Waals surface area contributed by atoms with Gasteiger partial charge in [-0.25, -0.2) is 0 Å². The van der Waals surface area contributed by atoms with Crippen molar-refractivity contribution < 1.29 is 0 Å². The predicted molar refractivity (Wildman–Crippen MR) is 67.2 cm³/mol. The van der Waals surface area contributed by atoms with Crippen LogP contribution < -0.4 is 5.32 Å². The fourth-order valence-electron chi connectivity index (χ4n) is 1.92. The summed E-state index contributed by atoms with van der Waals surface area (Å²) in [6.45, 7) is 5.39. The Hall–Kier alpha value is -0.960. The van der Waals surface area contributed by atoms with E-state index in [0.29, 0.717) is 6.04 Å². The molecule has 16 heavy (non-hydrogen) atoms. The van der Waals surface area contributed by atoms with E-state index >= 15 is 0 Å². The maximum Gasteiger partial charge on any atom is 0.0544 e. The Labute approximate surface area is 98.7 Å². The van der Waals surface area contributed by atoms with Crippen LogP contribution >= 0.6 is 0 Å². The fourth-order valence-corrected chi connectivity index (χ4v) is 1.92. The number of aromatic nitrogens is 2. The zero-order chi connectivity index (χ0) is 11.6. The highest BCUT2D eigenvalue weighted by atomic mass is 15.1. The van der Waals surface area contributed by atoms with Gasteiger partial charge in [0.15, 0.2) is 0 Å². The van der Waals surface area contributed by atoms with Crippen LogP contribution in [0.15, 0.2) is 18.5 Å². The number of nitrogens with one attached hydrogen (secondary N) is 1. The molecule has 1 unspecified atom stereocenters. The lowest BCUT2D eigenvalue weighted by atomic mass is 10.0. The van der Waals surface area contributed by atoms with E-state index in [0.717, 1.165) is 6.54 Å². The van der Waals surface area contributed by atoms with Crippen LogP contribution in [0.2, 0.25) is 0 Å². The Morgan fingerprint density at radius 1 is 1.19 bits per heavy atom. The third-order valence-corrected chi connectivity index (χ3v) is 2.81. The van der Waals surface area contributed by atoms with Crippen molar-refractivity contribution >= 4 is 0 Å². The van der Waals surface area contributed by atoms with E-state index in [-0.39, 0.29) is 0 Å². The molecule has 0 fully saturated rings. The summed E-state index contributed by atoms with van der Waals surface area (Å²) < 4.78 is 0. The van der Waals surface area contributed by atoms with Crippen LogP contribution in [-0.4, -0.2) is 16.7 Å². The largest absolute Gasteiger partial charge is 0.310 e. The van der Waals surface area contributed by atoms with Crippen LogP contribution in [-0.2, 0) is 0 Å². The number of unbranched alkanes of at least 4 members (excludes halogenated alkanes) is 3. The highest BCUT2D eigenvalue weighted by Crippen LogP contribution is 2.18. The summed E-state index contributed by atoms with van der Waals surface area (Å²) in [5, 5.41) is 11.3. The third kappa shape index (κ3) is 4.71. The minimum Gasteiger partial charge on any atom is -0.310 e. The highest BCUT2D eigenvalue weighted by Gasteiger charge is 2.09. The molecule has 1 atom stereocenters. The molecule has 0 aliphatic carbocycles. The van der Waals surface area contributed by atoms with Gasteiger partial charge in [-0.15, -0.1) is 0 Å². The Balaban J connectivity index is 2.41. The van der Waals surface area contributed by atoms with Crippen LogP contribution in [0, 0.1) is 0 Å². The van der Waals surface area contributed by atoms with Gasteiger partial charge in [0.1, 0.15) is 0 Å². The second kappa shape index (κ2) is 8.22. The molecule has 0 saturated carbocycles. The molecule has 0 spiro atoms. The van der Waals surface area contributed by atoms with E-state index in [9.17, 15) is 0 Å². The number of nitrogens with zero attached hydrogens (tertiary/aromatic N) is 2. The van der Waals surface area contributed by atoms with Gasteiger partial charge in [-0.3, -0.25) is 0 Å². The van der Waals surface area contributed by atoms with Gasteiger partial charge in [0, 0.05) is 12.2 Å². The smallest absolute Gasteiger partial charge is 0.0544 e. The summed E-state index contributed by atoms with van der Waals surface area (Å²) >= 11 is 0. The monoisotopic (exact) mass is 221 g/mol. The van der Waals surface area contributed by atoms with Crippen LogP contribution in [0.25, 0.3) is 0 Å². The second-order valence-electron chi connectivity index (χ2n) is 4.14. The molecule has 0 aromatic carbocycles. The van der Waals surface area contributed by atoms with E-state index in [2.05, 4.69) is 35.4 Å². The quantitative estimate of drug-likeness (QED) is 0.685. The zero-order valence-corrected chi connectivity index (χ0v) is 10.4. The lowest BCUT2D eigenvalue weighted by Crippen LogP contribution is -2.21. The van der Waals surface area contributed by atoms with Crippen molar-refractivity contribution in [2.24, 2.45) is 0 Å². The number of hydrogen-bond acceptors (Lipinski definition) is 3. The van der Waals surface area contributed by atoms with Gasteiger partial charge in [0.05, 0.1) is 6.20 Å². The maximum atomic E-state index is 3.94. The first-order chi connectivity index (χ1) is 7.88. The lowest BCUT2D eigenvalue weighted by Gasteiger charge is -2.17. The minimum absolute atomic E-state index is 0.442. The van der Waals surface area contributed by atoms with E-state index in [1.54, 1.807) is 6.20 Å². The molecule has 0 amide bonds. The first-order valence-corrected chi connectivity index (χ1v) is 6.38. The van der Waals surface area contributed by atoms with Crippen LogP contribution in [0.1, 0.15) is 57.6 Å². The van der Waals surface area contributed by atoms with Gasteiger partial charge < -0.3 is 5.32 Å². The molecular formula is C13H23N3. The van der Waals surface area contributed by atoms with Crippen molar-refractivity contribution in [2.45, 2.75) is 52.0 Å². The van der Waals surface area contributed by atoms with Crippen molar-refractivity contribution in [1.82, 2.24) is 15.5 Å². The first-order valence-electron chi connectivity index (χ1n) is 6.38. The molecule has 1 aromatic rings. The highest BCUT2D eigenvalue weighted by molar-refractivity contribution is 5.11. The van der Waals surface area contributed by atoms with Gasteiger partial charge in [0.25, 0.3) is 0 Å². The summed E-state index contributed by atoms with van der Waals surface area (Å²) in [7, 11) is 0. The fraction of sp³-hybridized carbons (Fsp3) is 0.692. The molecule has 3 nitrogen and oxygen atoms in total. The van der Waals surface area contributed by atoms with Crippen LogP contribution in [0.5, 0.6) is 0 Å². The molecule has 0 saturated heterocycles. The van der Waals surface area contributed by atoms with E-state index in [1.807, 2.05) is 6.20 Å². The molecule has 0 aliphatic rings. The summed E-state index contributed by atoms with van der Waals surface area (Å²) in [5.41, 5.74) is 1.26. The molecule has 0 radical (unpaired) electrons. The third-order valence-electron chi connectivity index (χ3n) is 2.81. The van der Waals surface area contributed by atoms with Gasteiger partial charge in [0.2, 0.25) is 0 Å². The normalized spacial score (nSPS) is 12.6. The SMILES string of the molecule is CCCCCCC(NCC)c1ccnnc1. The van der Waals surface area contributed by atoms with Gasteiger partial charge in [-0.2, -0.15) is 10.2 Å². The molecule has 0 bridgehead atoms. The molecular weight excluding hydrogens is 198 g/mol. The molecule has 1 aromatic heterocycles. The minimum atomic E-state index is 0.442. The van der Waals surface area contributed by atoms with Crippen molar-refractivity contribution in [3.8, 4) is 0 Å². The molecule has 1 heterocycles. The van der Waals surface area contributed by atoms with Gasteiger partial charge in [-0.1, -0.05) is 39.5 Å². The summed E-state index contributed by atoms with van der Waals surface area (Å²) in [5.74, 6) is 0. The maximum absolute atomic E-state index is 3.94. The Morgan fingerprint density at radius 3 is 2.69 bits per heavy atom. The van der Waals surface area contributed by atoms with E-state index in [4.69, 9.17) is 0 Å².